The van der Waals surface area contributed by atoms with E-state index < -0.39 is 12.7 Å². The van der Waals surface area contributed by atoms with Gasteiger partial charge in [-0.15, -0.1) is 0 Å². The molecule has 3 atom stereocenters. The molecule has 2 fully saturated rings. The summed E-state index contributed by atoms with van der Waals surface area (Å²) < 4.78 is 38.1. The highest BCUT2D eigenvalue weighted by Gasteiger charge is 2.39. The van der Waals surface area contributed by atoms with Gasteiger partial charge in [0.1, 0.15) is 0 Å². The van der Waals surface area contributed by atoms with Crippen molar-refractivity contribution in [1.29, 1.82) is 0 Å². The van der Waals surface area contributed by atoms with Crippen molar-refractivity contribution in [2.45, 2.75) is 63.3 Å². The molecular weight excluding hydrogens is 493 g/mol. The van der Waals surface area contributed by atoms with Crippen LogP contribution in [0, 0.1) is 5.92 Å². The number of benzene rings is 1. The number of carbonyl (C=O) groups excluding carboxylic acids is 1. The third kappa shape index (κ3) is 6.29. The number of nitrogens with one attached hydrogen (secondary N) is 1. The number of hydrogen-bond donors (Lipinski definition) is 1. The molecule has 0 bridgehead atoms. The maximum atomic E-state index is 14.0. The molecule has 0 saturated carbocycles. The van der Waals surface area contributed by atoms with E-state index in [1.165, 1.54) is 10.5 Å². The first-order valence-corrected chi connectivity index (χ1v) is 13.6. The summed E-state index contributed by atoms with van der Waals surface area (Å²) in [5, 5.41) is 3.33. The normalized spacial score (nSPS) is 25.7. The van der Waals surface area contributed by atoms with Crippen LogP contribution in [0.1, 0.15) is 48.9 Å². The predicted molar refractivity (Wildman–Crippen MR) is 140 cm³/mol. The number of aromatic nitrogens is 2. The fourth-order valence-corrected chi connectivity index (χ4v) is 6.19. The Hall–Kier alpha value is -2.72. The summed E-state index contributed by atoms with van der Waals surface area (Å²) in [6, 6.07) is 10.4. The molecule has 3 aliphatic rings. The Kier molecular flexibility index (Phi) is 7.90. The molecule has 2 aromatic rings. The van der Waals surface area contributed by atoms with E-state index in [1.54, 1.807) is 0 Å². The van der Waals surface area contributed by atoms with Gasteiger partial charge in [-0.25, -0.2) is 9.97 Å². The van der Waals surface area contributed by atoms with E-state index in [1.807, 2.05) is 29.3 Å². The van der Waals surface area contributed by atoms with Gasteiger partial charge in [0, 0.05) is 49.8 Å². The van der Waals surface area contributed by atoms with Gasteiger partial charge in [-0.3, -0.25) is 9.69 Å². The van der Waals surface area contributed by atoms with Crippen LogP contribution in [0.4, 0.5) is 19.1 Å². The molecule has 5 rings (SSSR count). The van der Waals surface area contributed by atoms with Gasteiger partial charge in [-0.1, -0.05) is 30.3 Å². The minimum Gasteiger partial charge on any atom is -0.351 e. The minimum absolute atomic E-state index is 0.0311. The van der Waals surface area contributed by atoms with Crippen LogP contribution in [0.2, 0.25) is 0 Å². The number of carbonyl (C=O) groups is 1. The van der Waals surface area contributed by atoms with Crippen LogP contribution in [0.25, 0.3) is 0 Å². The van der Waals surface area contributed by atoms with Crippen molar-refractivity contribution >= 4 is 11.9 Å². The van der Waals surface area contributed by atoms with Crippen LogP contribution in [-0.4, -0.2) is 88.6 Å². The Morgan fingerprint density at radius 1 is 1.11 bits per heavy atom. The van der Waals surface area contributed by atoms with E-state index in [2.05, 4.69) is 41.3 Å². The highest BCUT2D eigenvalue weighted by Crippen LogP contribution is 2.35. The highest BCUT2D eigenvalue weighted by atomic mass is 19.4. The number of halogens is 3. The largest absolute Gasteiger partial charge is 0.401 e. The zero-order valence-electron chi connectivity index (χ0n) is 22.1. The topological polar surface area (TPSA) is 64.6 Å². The van der Waals surface area contributed by atoms with Gasteiger partial charge in [-0.05, 0) is 57.3 Å². The molecule has 7 nitrogen and oxygen atoms in total. The maximum Gasteiger partial charge on any atom is 0.401 e. The van der Waals surface area contributed by atoms with Crippen LogP contribution in [-0.2, 0) is 17.8 Å². The number of piperidine rings is 2. The van der Waals surface area contributed by atoms with Crippen LogP contribution in [0.5, 0.6) is 0 Å². The maximum absolute atomic E-state index is 14.0. The van der Waals surface area contributed by atoms with E-state index in [0.717, 1.165) is 30.8 Å². The fourth-order valence-electron chi connectivity index (χ4n) is 6.19. The lowest BCUT2D eigenvalue weighted by Gasteiger charge is -2.42. The number of likely N-dealkylation sites (N-methyl/N-ethyl adjacent to an activating group) is 1. The van der Waals surface area contributed by atoms with Crippen LogP contribution >= 0.6 is 0 Å². The lowest BCUT2D eigenvalue weighted by Crippen LogP contribution is -2.50. The van der Waals surface area contributed by atoms with E-state index in [-0.39, 0.29) is 29.8 Å². The van der Waals surface area contributed by atoms with Gasteiger partial charge < -0.3 is 15.1 Å². The highest BCUT2D eigenvalue weighted by molar-refractivity contribution is 5.80. The first-order chi connectivity index (χ1) is 18.2. The Bertz CT molecular complexity index is 1110. The van der Waals surface area contributed by atoms with Crippen LogP contribution < -0.4 is 5.32 Å². The van der Waals surface area contributed by atoms with E-state index in [4.69, 9.17) is 4.98 Å². The SMILES string of the molecule is C[C@@H]1Cc2cnc(NC3CCN(CC(F)(F)F)CC3)nc2CN1C(=O)[C@H]1CCN(C)C[C@@H]1c1ccccc1. The van der Waals surface area contributed by atoms with Gasteiger partial charge in [-0.2, -0.15) is 13.2 Å². The number of fused-ring (bicyclic) bond motifs is 1. The summed E-state index contributed by atoms with van der Waals surface area (Å²) in [5.41, 5.74) is 3.11. The van der Waals surface area contributed by atoms with E-state index in [9.17, 15) is 18.0 Å². The minimum atomic E-state index is -4.17. The van der Waals surface area contributed by atoms with Gasteiger partial charge >= 0.3 is 6.18 Å². The monoisotopic (exact) mass is 530 g/mol. The second kappa shape index (κ2) is 11.2. The third-order valence-electron chi connectivity index (χ3n) is 8.29. The lowest BCUT2D eigenvalue weighted by atomic mass is 9.79. The van der Waals surface area contributed by atoms with Gasteiger partial charge in [0.15, 0.2) is 0 Å². The summed E-state index contributed by atoms with van der Waals surface area (Å²) in [5.74, 6) is 0.762. The van der Waals surface area contributed by atoms with Crippen molar-refractivity contribution in [3.8, 4) is 0 Å². The lowest BCUT2D eigenvalue weighted by molar-refractivity contribution is -0.147. The Morgan fingerprint density at radius 2 is 1.84 bits per heavy atom. The molecule has 3 aliphatic heterocycles. The smallest absolute Gasteiger partial charge is 0.351 e. The van der Waals surface area contributed by atoms with Crippen molar-refractivity contribution in [2.75, 3.05) is 45.1 Å². The molecular formula is C28H37F3N6O. The molecule has 4 heterocycles. The predicted octanol–water partition coefficient (Wildman–Crippen LogP) is 3.92. The molecule has 1 aromatic carbocycles. The molecule has 0 spiro atoms. The zero-order chi connectivity index (χ0) is 26.9. The number of hydrogen-bond acceptors (Lipinski definition) is 6. The molecule has 2 saturated heterocycles. The van der Waals surface area contributed by atoms with Crippen molar-refractivity contribution < 1.29 is 18.0 Å². The van der Waals surface area contributed by atoms with Gasteiger partial charge in [0.05, 0.1) is 18.8 Å². The average Bonchev–Trinajstić information content (AvgIpc) is 2.89. The Morgan fingerprint density at radius 3 is 2.55 bits per heavy atom. The number of nitrogens with zero attached hydrogens (tertiary/aromatic N) is 5. The Balaban J connectivity index is 1.25. The molecule has 38 heavy (non-hydrogen) atoms. The molecule has 10 heteroatoms. The van der Waals surface area contributed by atoms with Crippen LogP contribution in [0.3, 0.4) is 0 Å². The van der Waals surface area contributed by atoms with Crippen molar-refractivity contribution in [1.82, 2.24) is 24.7 Å². The number of amides is 1. The van der Waals surface area contributed by atoms with Crippen molar-refractivity contribution in [3.63, 3.8) is 0 Å². The van der Waals surface area contributed by atoms with Crippen molar-refractivity contribution in [2.24, 2.45) is 5.92 Å². The molecule has 1 amide bonds. The number of anilines is 1. The fraction of sp³-hybridized carbons (Fsp3) is 0.607. The quantitative estimate of drug-likeness (QED) is 0.632. The van der Waals surface area contributed by atoms with E-state index >= 15 is 0 Å². The summed E-state index contributed by atoms with van der Waals surface area (Å²) >= 11 is 0. The second-order valence-corrected chi connectivity index (χ2v) is 11.2. The molecule has 206 valence electrons. The van der Waals surface area contributed by atoms with Gasteiger partial charge in [0.25, 0.3) is 0 Å². The zero-order valence-corrected chi connectivity index (χ0v) is 22.1. The second-order valence-electron chi connectivity index (χ2n) is 11.2. The average molecular weight is 531 g/mol. The summed E-state index contributed by atoms with van der Waals surface area (Å²) in [6.07, 6.45) is 0.416. The first kappa shape index (κ1) is 26.9. The molecule has 0 radical (unpaired) electrons. The van der Waals surface area contributed by atoms with Crippen molar-refractivity contribution in [3.05, 3.63) is 53.3 Å². The standard InChI is InChI=1S/C28H37F3N6O/c1-19-14-21-15-32-27(33-22-8-12-36(13-9-22)18-28(29,30)31)34-25(21)17-37(19)26(38)23-10-11-35(2)16-24(23)20-6-4-3-5-7-20/h3-7,15,19,22-24H,8-14,16-18H2,1-2H3,(H,32,33,34)/t19-,23+,24-/m1/s1. The summed E-state index contributed by atoms with van der Waals surface area (Å²) in [4.78, 5) is 29.0. The third-order valence-corrected chi connectivity index (χ3v) is 8.29. The summed E-state index contributed by atoms with van der Waals surface area (Å²) in [6.45, 7) is 4.22. The van der Waals surface area contributed by atoms with Gasteiger partial charge in [0.2, 0.25) is 11.9 Å². The molecule has 1 aromatic heterocycles. The summed E-state index contributed by atoms with van der Waals surface area (Å²) in [7, 11) is 2.11. The number of alkyl halides is 3. The molecule has 1 N–H and O–H groups in total. The Labute approximate surface area is 222 Å². The van der Waals surface area contributed by atoms with Crippen LogP contribution in [0.15, 0.2) is 36.5 Å². The molecule has 0 unspecified atom stereocenters. The number of rotatable bonds is 5. The first-order valence-electron chi connectivity index (χ1n) is 13.6. The number of likely N-dealkylation sites (tertiary alicyclic amines) is 2. The van der Waals surface area contributed by atoms with E-state index in [0.29, 0.717) is 44.8 Å². The molecule has 0 aliphatic carbocycles.